The van der Waals surface area contributed by atoms with Gasteiger partial charge in [-0.15, -0.1) is 0 Å². The lowest BCUT2D eigenvalue weighted by Gasteiger charge is -2.12. The smallest absolute Gasteiger partial charge is 0.255 e. The zero-order valence-electron chi connectivity index (χ0n) is 12.5. The van der Waals surface area contributed by atoms with E-state index < -0.39 is 0 Å². The van der Waals surface area contributed by atoms with Crippen molar-refractivity contribution in [2.45, 2.75) is 20.3 Å². The first-order valence-corrected chi connectivity index (χ1v) is 7.25. The number of rotatable bonds is 4. The third kappa shape index (κ3) is 4.02. The molecule has 2 rings (SSSR count). The molecule has 0 radical (unpaired) electrons. The molecule has 1 amide bonds. The Labute approximate surface area is 125 Å². The minimum atomic E-state index is -0.114. The van der Waals surface area contributed by atoms with Gasteiger partial charge in [0.05, 0.1) is 5.71 Å². The molecule has 1 N–H and O–H groups in total. The van der Waals surface area contributed by atoms with Crippen LogP contribution in [0.25, 0.3) is 0 Å². The van der Waals surface area contributed by atoms with Crippen molar-refractivity contribution < 1.29 is 4.79 Å². The molecule has 0 saturated heterocycles. The van der Waals surface area contributed by atoms with Crippen LogP contribution in [0.4, 0.5) is 5.69 Å². The summed E-state index contributed by atoms with van der Waals surface area (Å²) in [5.41, 5.74) is 3.37. The second-order valence-electron chi connectivity index (χ2n) is 4.68. The Morgan fingerprint density at radius 3 is 2.62 bits per heavy atom. The number of aliphatic imine (C=N–C) groups is 1. The van der Waals surface area contributed by atoms with Gasteiger partial charge >= 0.3 is 0 Å². The minimum absolute atomic E-state index is 0.114. The summed E-state index contributed by atoms with van der Waals surface area (Å²) in [7, 11) is 0. The fourth-order valence-corrected chi connectivity index (χ4v) is 2.11. The molecule has 0 fully saturated rings. The number of carbonyl (C=O) groups is 1. The highest BCUT2D eigenvalue weighted by Gasteiger charge is 2.14. The van der Waals surface area contributed by atoms with Crippen LogP contribution in [0.3, 0.4) is 0 Å². The maximum absolute atomic E-state index is 12.3. The number of anilines is 1. The lowest BCUT2D eigenvalue weighted by Crippen LogP contribution is -2.17. The molecule has 1 aliphatic carbocycles. The van der Waals surface area contributed by atoms with Crippen LogP contribution in [0.2, 0.25) is 0 Å². The molecule has 0 spiro atoms. The molecule has 0 heterocycles. The van der Waals surface area contributed by atoms with E-state index in [2.05, 4.69) is 23.3 Å². The minimum Gasteiger partial charge on any atom is -0.322 e. The molecule has 0 saturated carbocycles. The largest absolute Gasteiger partial charge is 0.322 e. The van der Waals surface area contributed by atoms with Gasteiger partial charge in [0, 0.05) is 17.8 Å². The third-order valence-electron chi connectivity index (χ3n) is 3.08. The molecule has 0 aromatic heterocycles. The third-order valence-corrected chi connectivity index (χ3v) is 3.08. The number of nitrogens with one attached hydrogen (secondary N) is 1. The second-order valence-corrected chi connectivity index (χ2v) is 4.68. The molecular weight excluding hydrogens is 260 g/mol. The summed E-state index contributed by atoms with van der Waals surface area (Å²) < 4.78 is 0. The molecule has 3 heteroatoms. The van der Waals surface area contributed by atoms with Crippen molar-refractivity contribution in [2.75, 3.05) is 11.9 Å². The summed E-state index contributed by atoms with van der Waals surface area (Å²) in [4.78, 5) is 16.7. The first-order chi connectivity index (χ1) is 10.2. The Balaban J connectivity index is 2.19. The average Bonchev–Trinajstić information content (AvgIpc) is 2.50. The van der Waals surface area contributed by atoms with Crippen molar-refractivity contribution in [2.24, 2.45) is 4.99 Å². The molecule has 1 aromatic rings. The van der Waals surface area contributed by atoms with Crippen molar-refractivity contribution in [3.05, 3.63) is 65.8 Å². The molecular formula is C18H20N2O. The quantitative estimate of drug-likeness (QED) is 0.892. The molecule has 108 valence electrons. The van der Waals surface area contributed by atoms with Gasteiger partial charge in [-0.05, 0) is 43.2 Å². The number of para-hydroxylation sites is 1. The van der Waals surface area contributed by atoms with Gasteiger partial charge in [0.2, 0.25) is 0 Å². The van der Waals surface area contributed by atoms with E-state index in [1.54, 1.807) is 0 Å². The van der Waals surface area contributed by atoms with Crippen LogP contribution in [0.15, 0.2) is 70.8 Å². The van der Waals surface area contributed by atoms with Crippen LogP contribution in [0.1, 0.15) is 20.3 Å². The molecule has 0 unspecified atom stereocenters. The highest BCUT2D eigenvalue weighted by molar-refractivity contribution is 6.18. The Bertz CT molecular complexity index is 622. The van der Waals surface area contributed by atoms with E-state index >= 15 is 0 Å². The van der Waals surface area contributed by atoms with E-state index in [9.17, 15) is 4.79 Å². The van der Waals surface area contributed by atoms with Gasteiger partial charge in [-0.1, -0.05) is 37.3 Å². The predicted octanol–water partition coefficient (Wildman–Crippen LogP) is 3.92. The van der Waals surface area contributed by atoms with E-state index in [-0.39, 0.29) is 5.91 Å². The number of carbonyl (C=O) groups excluding carboxylic acids is 1. The Hall–Kier alpha value is -2.42. The van der Waals surface area contributed by atoms with E-state index in [0.717, 1.165) is 23.4 Å². The van der Waals surface area contributed by atoms with Gasteiger partial charge in [-0.2, -0.15) is 0 Å². The first-order valence-electron chi connectivity index (χ1n) is 7.25. The van der Waals surface area contributed by atoms with Crippen molar-refractivity contribution in [1.82, 2.24) is 0 Å². The van der Waals surface area contributed by atoms with Crippen molar-refractivity contribution in [3.8, 4) is 0 Å². The van der Waals surface area contributed by atoms with Gasteiger partial charge in [0.15, 0.2) is 0 Å². The Morgan fingerprint density at radius 1 is 1.19 bits per heavy atom. The maximum Gasteiger partial charge on any atom is 0.255 e. The van der Waals surface area contributed by atoms with E-state index in [1.165, 1.54) is 0 Å². The highest BCUT2D eigenvalue weighted by atomic mass is 16.1. The van der Waals surface area contributed by atoms with Gasteiger partial charge in [-0.25, -0.2) is 0 Å². The number of hydrogen-bond donors (Lipinski definition) is 1. The lowest BCUT2D eigenvalue weighted by molar-refractivity contribution is -0.112. The van der Waals surface area contributed by atoms with Crippen LogP contribution in [-0.2, 0) is 4.79 Å². The average molecular weight is 280 g/mol. The molecule has 21 heavy (non-hydrogen) atoms. The second kappa shape index (κ2) is 7.39. The van der Waals surface area contributed by atoms with Crippen molar-refractivity contribution >= 4 is 17.3 Å². The molecule has 0 atom stereocenters. The normalized spacial score (nSPS) is 17.9. The van der Waals surface area contributed by atoms with Gasteiger partial charge in [0.1, 0.15) is 0 Å². The number of allylic oxidation sites excluding steroid dienone is 4. The van der Waals surface area contributed by atoms with Crippen LogP contribution >= 0.6 is 0 Å². The summed E-state index contributed by atoms with van der Waals surface area (Å²) in [5, 5.41) is 2.89. The SMILES string of the molecule is CC/C=C1/C=CC(C(=O)Nc2ccccc2)=CC1=NCC. The topological polar surface area (TPSA) is 41.5 Å². The van der Waals surface area contributed by atoms with Crippen molar-refractivity contribution in [1.29, 1.82) is 0 Å². The van der Waals surface area contributed by atoms with Crippen LogP contribution in [0, 0.1) is 0 Å². The fraction of sp³-hybridized carbons (Fsp3) is 0.222. The first kappa shape index (κ1) is 15.0. The summed E-state index contributed by atoms with van der Waals surface area (Å²) in [5.74, 6) is -0.114. The molecule has 1 aliphatic rings. The van der Waals surface area contributed by atoms with Crippen molar-refractivity contribution in [3.63, 3.8) is 0 Å². The lowest BCUT2D eigenvalue weighted by atomic mass is 9.98. The highest BCUT2D eigenvalue weighted by Crippen LogP contribution is 2.17. The summed E-state index contributed by atoms with van der Waals surface area (Å²) >= 11 is 0. The number of hydrogen-bond acceptors (Lipinski definition) is 2. The standard InChI is InChI=1S/C18H20N2O/c1-3-8-14-11-12-15(13-17(14)19-4-2)18(21)20-16-9-6-5-7-10-16/h5-13H,3-4H2,1-2H3,(H,20,21)/b14-8-,19-17?. The van der Waals surface area contributed by atoms with Gasteiger partial charge < -0.3 is 5.32 Å². The summed E-state index contributed by atoms with van der Waals surface area (Å²) in [6.45, 7) is 4.78. The Morgan fingerprint density at radius 2 is 1.95 bits per heavy atom. The number of nitrogens with zero attached hydrogens (tertiary/aromatic N) is 1. The maximum atomic E-state index is 12.3. The molecule has 3 nitrogen and oxygen atoms in total. The number of amides is 1. The predicted molar refractivity (Wildman–Crippen MR) is 88.6 cm³/mol. The molecule has 0 aliphatic heterocycles. The van der Waals surface area contributed by atoms with Crippen LogP contribution in [-0.4, -0.2) is 18.2 Å². The number of benzene rings is 1. The summed E-state index contributed by atoms with van der Waals surface area (Å²) in [6, 6.07) is 9.45. The van der Waals surface area contributed by atoms with E-state index in [4.69, 9.17) is 0 Å². The van der Waals surface area contributed by atoms with Gasteiger partial charge in [-0.3, -0.25) is 9.79 Å². The van der Waals surface area contributed by atoms with Crippen LogP contribution < -0.4 is 5.32 Å². The molecule has 0 bridgehead atoms. The zero-order chi connectivity index (χ0) is 15.1. The monoisotopic (exact) mass is 280 g/mol. The zero-order valence-corrected chi connectivity index (χ0v) is 12.5. The fourth-order valence-electron chi connectivity index (χ4n) is 2.11. The molecule has 1 aromatic carbocycles. The van der Waals surface area contributed by atoms with E-state index in [1.807, 2.05) is 55.5 Å². The van der Waals surface area contributed by atoms with Gasteiger partial charge in [0.25, 0.3) is 5.91 Å². The van der Waals surface area contributed by atoms with E-state index in [0.29, 0.717) is 12.1 Å². The Kier molecular flexibility index (Phi) is 5.27. The van der Waals surface area contributed by atoms with Crippen LogP contribution in [0.5, 0.6) is 0 Å². The summed E-state index contributed by atoms with van der Waals surface area (Å²) in [6.07, 6.45) is 8.71.